The largest absolute Gasteiger partial charge is 0.309 e. The van der Waals surface area contributed by atoms with Crippen LogP contribution in [0, 0.1) is 5.82 Å². The van der Waals surface area contributed by atoms with Crippen LogP contribution in [0.25, 0.3) is 0 Å². The van der Waals surface area contributed by atoms with Crippen molar-refractivity contribution in [3.63, 3.8) is 0 Å². The van der Waals surface area contributed by atoms with Crippen molar-refractivity contribution in [2.75, 3.05) is 40.3 Å². The van der Waals surface area contributed by atoms with Gasteiger partial charge in [-0.15, -0.1) is 0 Å². The molecule has 1 fully saturated rings. The molecule has 2 rings (SSSR count). The predicted octanol–water partition coefficient (Wildman–Crippen LogP) is 2.50. The molecule has 1 saturated heterocycles. The van der Waals surface area contributed by atoms with Crippen molar-refractivity contribution in [2.24, 2.45) is 0 Å². The maximum absolute atomic E-state index is 13.2. The minimum atomic E-state index is -0.167. The van der Waals surface area contributed by atoms with Gasteiger partial charge in [-0.25, -0.2) is 4.39 Å². The summed E-state index contributed by atoms with van der Waals surface area (Å²) in [6, 6.07) is 7.63. The molecule has 0 saturated carbocycles. The lowest BCUT2D eigenvalue weighted by Crippen LogP contribution is -2.47. The van der Waals surface area contributed by atoms with Crippen LogP contribution in [0.3, 0.4) is 0 Å². The number of hydrogen-bond donors (Lipinski definition) is 1. The topological polar surface area (TPSA) is 18.5 Å². The van der Waals surface area contributed by atoms with Gasteiger partial charge in [-0.05, 0) is 64.3 Å². The number of halogens is 1. The molecule has 0 bridgehead atoms. The zero-order chi connectivity index (χ0) is 15.2. The normalized spacial score (nSPS) is 23.0. The molecule has 0 aliphatic carbocycles. The summed E-state index contributed by atoms with van der Waals surface area (Å²) in [6.07, 6.45) is 2.30. The first-order valence-electron chi connectivity index (χ1n) is 7.99. The smallest absolute Gasteiger partial charge is 0.123 e. The highest BCUT2D eigenvalue weighted by Crippen LogP contribution is 2.23. The lowest BCUT2D eigenvalue weighted by Gasteiger charge is -2.35. The van der Waals surface area contributed by atoms with Gasteiger partial charge < -0.3 is 15.1 Å². The number of nitrogens with zero attached hydrogens (tertiary/aromatic N) is 2. The Labute approximate surface area is 128 Å². The van der Waals surface area contributed by atoms with Gasteiger partial charge >= 0.3 is 0 Å². The molecule has 1 heterocycles. The molecule has 1 aliphatic heterocycles. The number of nitrogens with one attached hydrogen (secondary N) is 1. The highest BCUT2D eigenvalue weighted by Gasteiger charge is 2.29. The molecule has 2 atom stereocenters. The van der Waals surface area contributed by atoms with Crippen LogP contribution < -0.4 is 5.32 Å². The molecule has 1 aromatic carbocycles. The second kappa shape index (κ2) is 7.87. The molecule has 1 aliphatic rings. The van der Waals surface area contributed by atoms with Crippen LogP contribution >= 0.6 is 0 Å². The van der Waals surface area contributed by atoms with Crippen molar-refractivity contribution in [2.45, 2.75) is 31.8 Å². The van der Waals surface area contributed by atoms with E-state index < -0.39 is 0 Å². The second-order valence-corrected chi connectivity index (χ2v) is 6.15. The van der Waals surface area contributed by atoms with E-state index in [9.17, 15) is 4.39 Å². The highest BCUT2D eigenvalue weighted by atomic mass is 19.1. The van der Waals surface area contributed by atoms with Gasteiger partial charge in [-0.3, -0.25) is 0 Å². The minimum Gasteiger partial charge on any atom is -0.309 e. The summed E-state index contributed by atoms with van der Waals surface area (Å²) in [5.74, 6) is -0.167. The van der Waals surface area contributed by atoms with Gasteiger partial charge in [-0.1, -0.05) is 19.1 Å². The van der Waals surface area contributed by atoms with Crippen molar-refractivity contribution in [1.82, 2.24) is 15.1 Å². The number of hydrogen-bond acceptors (Lipinski definition) is 3. The molecule has 0 radical (unpaired) electrons. The van der Waals surface area contributed by atoms with Gasteiger partial charge in [0.1, 0.15) is 5.82 Å². The number of rotatable bonds is 5. The average molecular weight is 293 g/mol. The zero-order valence-electron chi connectivity index (χ0n) is 13.5. The summed E-state index contributed by atoms with van der Waals surface area (Å²) in [5.41, 5.74) is 1.18. The van der Waals surface area contributed by atoms with Crippen LogP contribution in [-0.4, -0.2) is 56.1 Å². The Bertz CT molecular complexity index is 421. The Hall–Kier alpha value is -0.970. The van der Waals surface area contributed by atoms with E-state index in [4.69, 9.17) is 0 Å². The minimum absolute atomic E-state index is 0.167. The highest BCUT2D eigenvalue weighted by molar-refractivity contribution is 5.22. The Balaban J connectivity index is 2.22. The van der Waals surface area contributed by atoms with E-state index in [1.54, 1.807) is 12.1 Å². The lowest BCUT2D eigenvalue weighted by molar-refractivity contribution is 0.178. The van der Waals surface area contributed by atoms with E-state index in [-0.39, 0.29) is 11.9 Å². The fourth-order valence-electron chi connectivity index (χ4n) is 3.11. The average Bonchev–Trinajstić information content (AvgIpc) is 2.63. The van der Waals surface area contributed by atoms with Crippen LogP contribution in [0.4, 0.5) is 4.39 Å². The predicted molar refractivity (Wildman–Crippen MR) is 86.0 cm³/mol. The van der Waals surface area contributed by atoms with Crippen LogP contribution in [-0.2, 0) is 0 Å². The Morgan fingerprint density at radius 2 is 1.95 bits per heavy atom. The van der Waals surface area contributed by atoms with Crippen molar-refractivity contribution >= 4 is 0 Å². The fourth-order valence-corrected chi connectivity index (χ4v) is 3.11. The third-order valence-corrected chi connectivity index (χ3v) is 4.34. The first kappa shape index (κ1) is 16.4. The van der Waals surface area contributed by atoms with Gasteiger partial charge in [0.2, 0.25) is 0 Å². The summed E-state index contributed by atoms with van der Waals surface area (Å²) in [5, 5.41) is 3.66. The molecule has 4 heteroatoms. The summed E-state index contributed by atoms with van der Waals surface area (Å²) in [4.78, 5) is 4.85. The molecular weight excluding hydrogens is 265 g/mol. The fraction of sp³-hybridized carbons (Fsp3) is 0.647. The lowest BCUT2D eigenvalue weighted by atomic mass is 9.97. The number of benzene rings is 1. The Morgan fingerprint density at radius 3 is 2.62 bits per heavy atom. The van der Waals surface area contributed by atoms with Crippen molar-refractivity contribution < 1.29 is 4.39 Å². The van der Waals surface area contributed by atoms with E-state index in [2.05, 4.69) is 36.1 Å². The molecule has 2 unspecified atom stereocenters. The summed E-state index contributed by atoms with van der Waals surface area (Å²) >= 11 is 0. The van der Waals surface area contributed by atoms with Crippen molar-refractivity contribution in [3.05, 3.63) is 35.6 Å². The molecule has 1 N–H and O–H groups in total. The number of likely N-dealkylation sites (N-methyl/N-ethyl adjacent to an activating group) is 2. The molecule has 3 nitrogen and oxygen atoms in total. The van der Waals surface area contributed by atoms with E-state index in [1.165, 1.54) is 12.0 Å². The quantitative estimate of drug-likeness (QED) is 0.900. The van der Waals surface area contributed by atoms with Crippen LogP contribution in [0.2, 0.25) is 0 Å². The summed E-state index contributed by atoms with van der Waals surface area (Å²) < 4.78 is 13.2. The van der Waals surface area contributed by atoms with Gasteiger partial charge in [0, 0.05) is 18.6 Å². The van der Waals surface area contributed by atoms with E-state index >= 15 is 0 Å². The first-order valence-corrected chi connectivity index (χ1v) is 7.99. The van der Waals surface area contributed by atoms with Crippen molar-refractivity contribution in [3.8, 4) is 0 Å². The van der Waals surface area contributed by atoms with Gasteiger partial charge in [-0.2, -0.15) is 0 Å². The Morgan fingerprint density at radius 1 is 1.24 bits per heavy atom. The molecule has 0 amide bonds. The second-order valence-electron chi connectivity index (χ2n) is 6.15. The third kappa shape index (κ3) is 4.50. The zero-order valence-corrected chi connectivity index (χ0v) is 13.5. The van der Waals surface area contributed by atoms with Crippen LogP contribution in [0.1, 0.15) is 31.4 Å². The van der Waals surface area contributed by atoms with E-state index in [0.717, 1.165) is 32.6 Å². The van der Waals surface area contributed by atoms with Crippen LogP contribution in [0.15, 0.2) is 24.3 Å². The van der Waals surface area contributed by atoms with Crippen molar-refractivity contribution in [1.29, 1.82) is 0 Å². The maximum atomic E-state index is 13.2. The van der Waals surface area contributed by atoms with Crippen LogP contribution in [0.5, 0.6) is 0 Å². The first-order chi connectivity index (χ1) is 10.1. The monoisotopic (exact) mass is 293 g/mol. The molecule has 0 aromatic heterocycles. The molecule has 118 valence electrons. The summed E-state index contributed by atoms with van der Waals surface area (Å²) in [7, 11) is 4.39. The van der Waals surface area contributed by atoms with E-state index in [1.807, 2.05) is 12.1 Å². The third-order valence-electron chi connectivity index (χ3n) is 4.34. The van der Waals surface area contributed by atoms with Gasteiger partial charge in [0.05, 0.1) is 0 Å². The Kier molecular flexibility index (Phi) is 6.15. The maximum Gasteiger partial charge on any atom is 0.123 e. The molecular formula is C17H28FN3. The summed E-state index contributed by atoms with van der Waals surface area (Å²) in [6.45, 7) is 6.45. The molecule has 21 heavy (non-hydrogen) atoms. The van der Waals surface area contributed by atoms with E-state index in [0.29, 0.717) is 6.04 Å². The van der Waals surface area contributed by atoms with Gasteiger partial charge in [0.25, 0.3) is 0 Å². The molecule has 1 aromatic rings. The standard InChI is InChI=1S/C17H28FN3/c1-4-10-19-17(14-6-8-15(18)9-7-14)16-13-20(2)11-5-12-21(16)3/h6-9,16-17,19H,4-5,10-13H2,1-3H3. The van der Waals surface area contributed by atoms with Gasteiger partial charge in [0.15, 0.2) is 0 Å². The SMILES string of the molecule is CCCNC(c1ccc(F)cc1)C1CN(C)CCCN1C. The molecule has 0 spiro atoms.